The van der Waals surface area contributed by atoms with Gasteiger partial charge in [0.15, 0.2) is 5.96 Å². The van der Waals surface area contributed by atoms with Crippen LogP contribution in [-0.4, -0.2) is 79.6 Å². The van der Waals surface area contributed by atoms with Crippen molar-refractivity contribution in [2.75, 3.05) is 58.8 Å². The predicted octanol–water partition coefficient (Wildman–Crippen LogP) is 2.09. The van der Waals surface area contributed by atoms with Crippen molar-refractivity contribution in [3.8, 4) is 0 Å². The lowest BCUT2D eigenvalue weighted by Crippen LogP contribution is -2.53. The number of halogens is 1. The van der Waals surface area contributed by atoms with E-state index in [0.717, 1.165) is 44.6 Å². The molecule has 1 atom stereocenters. The number of rotatable bonds is 5. The Kier molecular flexibility index (Phi) is 8.91. The van der Waals surface area contributed by atoms with Crippen molar-refractivity contribution in [1.82, 2.24) is 25.1 Å². The van der Waals surface area contributed by atoms with E-state index in [4.69, 9.17) is 0 Å². The third-order valence-corrected chi connectivity index (χ3v) is 4.89. The summed E-state index contributed by atoms with van der Waals surface area (Å²) in [5.74, 6) is 1.75. The minimum atomic E-state index is 0. The van der Waals surface area contributed by atoms with Crippen molar-refractivity contribution < 1.29 is 0 Å². The Hall–Kier alpha value is -1.94. The zero-order chi connectivity index (χ0) is 19.1. The van der Waals surface area contributed by atoms with Gasteiger partial charge in [0.2, 0.25) is 5.95 Å². The second-order valence-electron chi connectivity index (χ2n) is 6.84. The molecule has 1 aromatic heterocycles. The Morgan fingerprint density at radius 3 is 2.29 bits per heavy atom. The second-order valence-corrected chi connectivity index (χ2v) is 6.84. The molecule has 1 fully saturated rings. The van der Waals surface area contributed by atoms with Gasteiger partial charge in [-0.1, -0.05) is 30.3 Å². The molecule has 0 aliphatic carbocycles. The summed E-state index contributed by atoms with van der Waals surface area (Å²) in [6.45, 7) is 4.39. The third-order valence-electron chi connectivity index (χ3n) is 4.89. The molecule has 2 heterocycles. The van der Waals surface area contributed by atoms with E-state index in [1.807, 2.05) is 13.1 Å². The van der Waals surface area contributed by atoms with Gasteiger partial charge in [-0.2, -0.15) is 0 Å². The van der Waals surface area contributed by atoms with Gasteiger partial charge in [0, 0.05) is 52.2 Å². The number of aliphatic imine (C=N–C) groups is 1. The summed E-state index contributed by atoms with van der Waals surface area (Å²) >= 11 is 0. The van der Waals surface area contributed by atoms with Gasteiger partial charge in [-0.25, -0.2) is 9.97 Å². The quantitative estimate of drug-likeness (QED) is 0.390. The van der Waals surface area contributed by atoms with Gasteiger partial charge < -0.3 is 20.0 Å². The highest BCUT2D eigenvalue weighted by Gasteiger charge is 2.22. The molecule has 1 N–H and O–H groups in total. The average Bonchev–Trinajstić information content (AvgIpc) is 2.72. The average molecular weight is 495 g/mol. The molecule has 2 aromatic rings. The van der Waals surface area contributed by atoms with Crippen molar-refractivity contribution in [3.05, 3.63) is 54.4 Å². The van der Waals surface area contributed by atoms with Crippen LogP contribution in [0.15, 0.2) is 53.8 Å². The number of guanidine groups is 1. The fourth-order valence-electron chi connectivity index (χ4n) is 3.37. The summed E-state index contributed by atoms with van der Waals surface area (Å²) in [6.07, 6.45) is 3.58. The number of aromatic nitrogens is 2. The van der Waals surface area contributed by atoms with Crippen molar-refractivity contribution in [2.24, 2.45) is 4.99 Å². The summed E-state index contributed by atoms with van der Waals surface area (Å²) in [5.41, 5.74) is 1.30. The lowest BCUT2D eigenvalue weighted by molar-refractivity contribution is 0.292. The van der Waals surface area contributed by atoms with E-state index in [9.17, 15) is 0 Å². The highest BCUT2D eigenvalue weighted by molar-refractivity contribution is 14.0. The van der Waals surface area contributed by atoms with Gasteiger partial charge in [-0.3, -0.25) is 4.99 Å². The maximum absolute atomic E-state index is 4.50. The van der Waals surface area contributed by atoms with Crippen molar-refractivity contribution in [1.29, 1.82) is 0 Å². The van der Waals surface area contributed by atoms with E-state index in [1.54, 1.807) is 12.4 Å². The summed E-state index contributed by atoms with van der Waals surface area (Å²) in [5, 5.41) is 3.56. The molecule has 1 aromatic carbocycles. The van der Waals surface area contributed by atoms with Crippen molar-refractivity contribution in [3.63, 3.8) is 0 Å². The van der Waals surface area contributed by atoms with Crippen LogP contribution >= 0.6 is 24.0 Å². The number of likely N-dealkylation sites (N-methyl/N-ethyl adjacent to an activating group) is 1. The summed E-state index contributed by atoms with van der Waals surface area (Å²) < 4.78 is 0. The van der Waals surface area contributed by atoms with E-state index in [1.165, 1.54) is 5.56 Å². The maximum Gasteiger partial charge on any atom is 0.225 e. The molecule has 7 nitrogen and oxygen atoms in total. The minimum absolute atomic E-state index is 0. The van der Waals surface area contributed by atoms with Crippen LogP contribution in [0.25, 0.3) is 0 Å². The fraction of sp³-hybridized carbons (Fsp3) is 0.450. The first-order chi connectivity index (χ1) is 13.2. The Balaban J connectivity index is 0.00000280. The van der Waals surface area contributed by atoms with E-state index >= 15 is 0 Å². The van der Waals surface area contributed by atoms with Crippen LogP contribution in [0.5, 0.6) is 0 Å². The molecule has 0 spiro atoms. The van der Waals surface area contributed by atoms with Crippen molar-refractivity contribution in [2.45, 2.75) is 6.04 Å². The molecule has 0 saturated carbocycles. The molecule has 0 bridgehead atoms. The van der Waals surface area contributed by atoms with Crippen LogP contribution in [0.1, 0.15) is 11.6 Å². The van der Waals surface area contributed by atoms with E-state index < -0.39 is 0 Å². The van der Waals surface area contributed by atoms with Crippen LogP contribution in [-0.2, 0) is 0 Å². The minimum Gasteiger partial charge on any atom is -0.354 e. The Morgan fingerprint density at radius 1 is 1.07 bits per heavy atom. The molecule has 1 saturated heterocycles. The highest BCUT2D eigenvalue weighted by Crippen LogP contribution is 2.17. The summed E-state index contributed by atoms with van der Waals surface area (Å²) in [7, 11) is 6.07. The third kappa shape index (κ3) is 5.78. The number of piperazine rings is 1. The monoisotopic (exact) mass is 495 g/mol. The number of nitrogens with zero attached hydrogens (tertiary/aromatic N) is 6. The first kappa shape index (κ1) is 22.4. The Morgan fingerprint density at radius 2 is 1.71 bits per heavy atom. The molecule has 8 heteroatoms. The molecule has 0 amide bonds. The first-order valence-corrected chi connectivity index (χ1v) is 9.38. The number of nitrogens with one attached hydrogen (secondary N) is 1. The van der Waals surface area contributed by atoms with Crippen LogP contribution in [0.2, 0.25) is 0 Å². The first-order valence-electron chi connectivity index (χ1n) is 9.38. The van der Waals surface area contributed by atoms with Crippen LogP contribution in [0.3, 0.4) is 0 Å². The second kappa shape index (κ2) is 11.2. The van der Waals surface area contributed by atoms with Crippen molar-refractivity contribution >= 4 is 35.9 Å². The van der Waals surface area contributed by atoms with Gasteiger partial charge in [-0.15, -0.1) is 24.0 Å². The van der Waals surface area contributed by atoms with E-state index in [-0.39, 0.29) is 24.0 Å². The van der Waals surface area contributed by atoms with E-state index in [2.05, 4.69) is 79.4 Å². The highest BCUT2D eigenvalue weighted by atomic mass is 127. The standard InChI is InChI=1S/C20H29N7.HI/c1-21-19(24-16-18(25(2)3)17-8-5-4-6-9-17)26-12-14-27(15-13-26)20-22-10-7-11-23-20;/h4-11,18H,12-16H2,1-3H3,(H,21,24);1H. The summed E-state index contributed by atoms with van der Waals surface area (Å²) in [4.78, 5) is 20.0. The van der Waals surface area contributed by atoms with Gasteiger partial charge in [-0.05, 0) is 25.7 Å². The van der Waals surface area contributed by atoms with Crippen LogP contribution < -0.4 is 10.2 Å². The largest absolute Gasteiger partial charge is 0.354 e. The Bertz CT molecular complexity index is 716. The summed E-state index contributed by atoms with van der Waals surface area (Å²) in [6, 6.07) is 12.7. The lowest BCUT2D eigenvalue weighted by atomic mass is 10.1. The number of hydrogen-bond donors (Lipinski definition) is 1. The molecule has 152 valence electrons. The maximum atomic E-state index is 4.50. The smallest absolute Gasteiger partial charge is 0.225 e. The van der Waals surface area contributed by atoms with Crippen LogP contribution in [0.4, 0.5) is 5.95 Å². The zero-order valence-corrected chi connectivity index (χ0v) is 19.2. The SMILES string of the molecule is CN=C(NCC(c1ccccc1)N(C)C)N1CCN(c2ncccn2)CC1.I. The molecule has 0 radical (unpaired) electrons. The van der Waals surface area contributed by atoms with Gasteiger partial charge in [0.05, 0.1) is 6.04 Å². The molecule has 1 aliphatic rings. The predicted molar refractivity (Wildman–Crippen MR) is 125 cm³/mol. The fourth-order valence-corrected chi connectivity index (χ4v) is 3.37. The van der Waals surface area contributed by atoms with E-state index in [0.29, 0.717) is 6.04 Å². The number of benzene rings is 1. The van der Waals surface area contributed by atoms with Gasteiger partial charge in [0.25, 0.3) is 0 Å². The molecule has 28 heavy (non-hydrogen) atoms. The molecule has 1 unspecified atom stereocenters. The van der Waals surface area contributed by atoms with Crippen LogP contribution in [0, 0.1) is 0 Å². The molecular weight excluding hydrogens is 465 g/mol. The normalized spacial score (nSPS) is 15.9. The van der Waals surface area contributed by atoms with Gasteiger partial charge in [0.1, 0.15) is 0 Å². The Labute approximate surface area is 184 Å². The number of anilines is 1. The lowest BCUT2D eigenvalue weighted by Gasteiger charge is -2.37. The molecule has 3 rings (SSSR count). The number of hydrogen-bond acceptors (Lipinski definition) is 5. The van der Waals surface area contributed by atoms with Gasteiger partial charge >= 0.3 is 0 Å². The molecular formula is C20H30IN7. The molecule has 1 aliphatic heterocycles. The topological polar surface area (TPSA) is 59.9 Å². The zero-order valence-electron chi connectivity index (χ0n) is 16.8.